The lowest BCUT2D eigenvalue weighted by Crippen LogP contribution is -2.55. The second kappa shape index (κ2) is 15.9. The number of piperidine rings is 3. The van der Waals surface area contributed by atoms with E-state index in [0.29, 0.717) is 43.8 Å². The normalized spacial score (nSPS) is 20.2. The molecule has 4 heterocycles. The van der Waals surface area contributed by atoms with Gasteiger partial charge in [0.05, 0.1) is 46.6 Å². The molecule has 3 aliphatic heterocycles. The highest BCUT2D eigenvalue weighted by molar-refractivity contribution is 6.08. The number of methoxy groups -OCH3 is 1. The van der Waals surface area contributed by atoms with Gasteiger partial charge in [-0.2, -0.15) is 52.7 Å². The van der Waals surface area contributed by atoms with Gasteiger partial charge >= 0.3 is 36.8 Å². The van der Waals surface area contributed by atoms with Crippen LogP contribution in [0.5, 0.6) is 5.75 Å². The standard InChI is InChI=1S/C38H33F12N5O4/c1-3-18-17-55-9-7-19(18)10-28(55)32(59-34(57)53-25-15-22(37(45,46)47)12-23(16-25)38(48,49)50)26-6-8-51-27-4-5-29(58-2)31(30(26)27)54-33(56)52-24-13-20(35(39,40)41)11-21(14-24)36(42,43)44/h4-6,8,11-16,18-19,28,32H,3,7,9-10,17H2,1-2H3,(H,53,57)(H2,52,54,56)/t18?,19?,28?,32-/m1/s1. The second-order valence-corrected chi connectivity index (χ2v) is 14.1. The van der Waals surface area contributed by atoms with Gasteiger partial charge in [-0.05, 0) is 85.8 Å². The zero-order valence-electron chi connectivity index (χ0n) is 30.7. The fourth-order valence-electron chi connectivity index (χ4n) is 7.68. The van der Waals surface area contributed by atoms with Gasteiger partial charge in [0.1, 0.15) is 11.9 Å². The van der Waals surface area contributed by atoms with Crippen LogP contribution in [-0.2, 0) is 29.4 Å². The minimum atomic E-state index is -5.22. The van der Waals surface area contributed by atoms with E-state index in [4.69, 9.17) is 9.47 Å². The Kier molecular flexibility index (Phi) is 11.7. The lowest BCUT2D eigenvalue weighted by Gasteiger charge is -2.51. The van der Waals surface area contributed by atoms with Crippen molar-refractivity contribution in [2.24, 2.45) is 11.8 Å². The smallest absolute Gasteiger partial charge is 0.416 e. The maximum Gasteiger partial charge on any atom is 0.416 e. The van der Waals surface area contributed by atoms with Crippen LogP contribution in [0.4, 0.5) is 79.3 Å². The van der Waals surface area contributed by atoms with Crippen molar-refractivity contribution in [1.29, 1.82) is 0 Å². The minimum absolute atomic E-state index is 0.0212. The summed E-state index contributed by atoms with van der Waals surface area (Å²) in [6, 6.07) is 3.16. The molecule has 0 aliphatic carbocycles. The number of carbonyl (C=O) groups excluding carboxylic acids is 2. The van der Waals surface area contributed by atoms with E-state index in [9.17, 15) is 62.3 Å². The molecule has 0 spiro atoms. The molecule has 3 amide bonds. The molecule has 5 atom stereocenters. The Morgan fingerprint density at radius 3 is 1.80 bits per heavy atom. The Labute approximate surface area is 327 Å². The quantitative estimate of drug-likeness (QED) is 0.153. The third kappa shape index (κ3) is 9.55. The van der Waals surface area contributed by atoms with Gasteiger partial charge in [0.25, 0.3) is 0 Å². The summed E-state index contributed by atoms with van der Waals surface area (Å²) in [6.45, 7) is 3.08. The number of halogens is 12. The molecule has 4 unspecified atom stereocenters. The van der Waals surface area contributed by atoms with E-state index in [1.54, 1.807) is 0 Å². The monoisotopic (exact) mass is 851 g/mol. The number of nitrogens with zero attached hydrogens (tertiary/aromatic N) is 2. The third-order valence-corrected chi connectivity index (χ3v) is 10.4. The zero-order chi connectivity index (χ0) is 43.2. The van der Waals surface area contributed by atoms with Crippen LogP contribution in [0.3, 0.4) is 0 Å². The van der Waals surface area contributed by atoms with E-state index in [1.165, 1.54) is 31.5 Å². The van der Waals surface area contributed by atoms with Crippen molar-refractivity contribution in [1.82, 2.24) is 9.88 Å². The predicted molar refractivity (Wildman–Crippen MR) is 189 cm³/mol. The van der Waals surface area contributed by atoms with Gasteiger partial charge in [-0.15, -0.1) is 0 Å². The highest BCUT2D eigenvalue weighted by atomic mass is 19.4. The summed E-state index contributed by atoms with van der Waals surface area (Å²) in [7, 11) is 1.19. The number of amides is 3. The molecular formula is C38H33F12N5O4. The first-order valence-electron chi connectivity index (χ1n) is 17.8. The van der Waals surface area contributed by atoms with Crippen LogP contribution in [0.25, 0.3) is 10.9 Å². The van der Waals surface area contributed by atoms with Crippen LogP contribution in [0, 0.1) is 11.8 Å². The zero-order valence-corrected chi connectivity index (χ0v) is 30.7. The van der Waals surface area contributed by atoms with Crippen molar-refractivity contribution in [2.75, 3.05) is 36.1 Å². The maximum absolute atomic E-state index is 13.6. The first-order chi connectivity index (χ1) is 27.5. The van der Waals surface area contributed by atoms with Crippen molar-refractivity contribution in [3.63, 3.8) is 0 Å². The van der Waals surface area contributed by atoms with E-state index in [-0.39, 0.29) is 51.9 Å². The average Bonchev–Trinajstić information content (AvgIpc) is 3.15. The van der Waals surface area contributed by atoms with E-state index >= 15 is 0 Å². The predicted octanol–water partition coefficient (Wildman–Crippen LogP) is 11.4. The van der Waals surface area contributed by atoms with E-state index in [1.807, 2.05) is 22.5 Å². The summed E-state index contributed by atoms with van der Waals surface area (Å²) in [5.41, 5.74) is -8.53. The van der Waals surface area contributed by atoms with Crippen LogP contribution >= 0.6 is 0 Å². The number of anilines is 3. The molecule has 7 rings (SSSR count). The molecule has 2 bridgehead atoms. The lowest BCUT2D eigenvalue weighted by molar-refractivity contribution is -0.144. The van der Waals surface area contributed by atoms with Crippen LogP contribution < -0.4 is 20.7 Å². The van der Waals surface area contributed by atoms with Gasteiger partial charge in [-0.3, -0.25) is 15.2 Å². The summed E-state index contributed by atoms with van der Waals surface area (Å²) in [4.78, 5) is 33.4. The Morgan fingerprint density at radius 1 is 0.780 bits per heavy atom. The van der Waals surface area contributed by atoms with Crippen molar-refractivity contribution in [2.45, 2.75) is 63.0 Å². The van der Waals surface area contributed by atoms with Crippen LogP contribution in [0.15, 0.2) is 60.8 Å². The molecule has 3 aliphatic rings. The first kappa shape index (κ1) is 43.1. The number of benzene rings is 3. The van der Waals surface area contributed by atoms with E-state index in [0.717, 1.165) is 12.8 Å². The van der Waals surface area contributed by atoms with Gasteiger partial charge < -0.3 is 20.1 Å². The number of alkyl halides is 12. The summed E-state index contributed by atoms with van der Waals surface area (Å²) in [6.07, 6.45) is -20.4. The molecule has 9 nitrogen and oxygen atoms in total. The number of rotatable bonds is 8. The fraction of sp³-hybridized carbons (Fsp3) is 0.395. The van der Waals surface area contributed by atoms with Gasteiger partial charge in [0.2, 0.25) is 0 Å². The summed E-state index contributed by atoms with van der Waals surface area (Å²) in [5, 5.41) is 6.37. The molecule has 59 heavy (non-hydrogen) atoms. The topological polar surface area (TPSA) is 105 Å². The molecule has 318 valence electrons. The Balaban J connectivity index is 1.42. The van der Waals surface area contributed by atoms with Gasteiger partial charge in [-0.25, -0.2) is 9.59 Å². The molecule has 3 aromatic carbocycles. The van der Waals surface area contributed by atoms with Crippen molar-refractivity contribution in [3.8, 4) is 5.75 Å². The lowest BCUT2D eigenvalue weighted by atomic mass is 9.72. The number of nitrogens with one attached hydrogen (secondary N) is 3. The Hall–Kier alpha value is -5.47. The summed E-state index contributed by atoms with van der Waals surface area (Å²) in [5.74, 6) is 0.289. The van der Waals surface area contributed by atoms with Crippen LogP contribution in [-0.4, -0.2) is 48.2 Å². The maximum atomic E-state index is 13.6. The Bertz CT molecular complexity index is 2160. The van der Waals surface area contributed by atoms with E-state index in [2.05, 4.69) is 10.3 Å². The number of aromatic nitrogens is 1. The molecule has 21 heteroatoms. The number of hydrogen-bond donors (Lipinski definition) is 3. The van der Waals surface area contributed by atoms with Crippen molar-refractivity contribution < 1.29 is 71.7 Å². The van der Waals surface area contributed by atoms with Gasteiger partial charge in [-0.1, -0.05) is 13.3 Å². The minimum Gasteiger partial charge on any atom is -0.495 e. The van der Waals surface area contributed by atoms with Crippen LogP contribution in [0.2, 0.25) is 0 Å². The number of urea groups is 1. The number of fused-ring (bicyclic) bond motifs is 4. The molecule has 4 aromatic rings. The third-order valence-electron chi connectivity index (χ3n) is 10.4. The van der Waals surface area contributed by atoms with Crippen molar-refractivity contribution in [3.05, 3.63) is 88.6 Å². The fourth-order valence-corrected chi connectivity index (χ4v) is 7.68. The molecule has 3 saturated heterocycles. The van der Waals surface area contributed by atoms with Gasteiger partial charge in [0, 0.05) is 35.1 Å². The molecule has 1 aromatic heterocycles. The van der Waals surface area contributed by atoms with Gasteiger partial charge in [0.15, 0.2) is 0 Å². The van der Waals surface area contributed by atoms with Crippen LogP contribution in [0.1, 0.15) is 60.1 Å². The molecule has 3 fully saturated rings. The summed E-state index contributed by atoms with van der Waals surface area (Å²) < 4.78 is 174. The van der Waals surface area contributed by atoms with Crippen molar-refractivity contribution >= 4 is 40.1 Å². The molecule has 0 saturated carbocycles. The number of carbonyl (C=O) groups is 2. The Morgan fingerprint density at radius 2 is 1.32 bits per heavy atom. The number of ether oxygens (including phenoxy) is 2. The molecule has 3 N–H and O–H groups in total. The summed E-state index contributed by atoms with van der Waals surface area (Å²) >= 11 is 0. The average molecular weight is 852 g/mol. The van der Waals surface area contributed by atoms with E-state index < -0.39 is 82.6 Å². The molecule has 0 radical (unpaired) electrons. The SMILES string of the molecule is CCC1CN2CCC1CC2[C@H](OC(=O)Nc1cc(C(F)(F)F)cc(C(F)(F)F)c1)c1ccnc2ccc(OC)c(NC(=O)Nc3cc(C(F)(F)F)cc(C(F)(F)F)c3)c12. The molecular weight excluding hydrogens is 818 g/mol. The highest BCUT2D eigenvalue weighted by Crippen LogP contribution is 2.47. The highest BCUT2D eigenvalue weighted by Gasteiger charge is 2.45. The number of hydrogen-bond acceptors (Lipinski definition) is 6. The second-order valence-electron chi connectivity index (χ2n) is 14.1. The largest absolute Gasteiger partial charge is 0.495 e. The number of pyridine rings is 1. The first-order valence-corrected chi connectivity index (χ1v) is 17.8.